The number of benzene rings is 1. The van der Waals surface area contributed by atoms with Gasteiger partial charge in [0.2, 0.25) is 5.91 Å². The number of rotatable bonds is 6. The van der Waals surface area contributed by atoms with Crippen LogP contribution in [0.5, 0.6) is 0 Å². The summed E-state index contributed by atoms with van der Waals surface area (Å²) in [5, 5.41) is 3.16. The Morgan fingerprint density at radius 3 is 2.64 bits per heavy atom. The second kappa shape index (κ2) is 12.6. The minimum Gasteiger partial charge on any atom is -0.466 e. The molecule has 0 saturated carbocycles. The van der Waals surface area contributed by atoms with E-state index < -0.39 is 0 Å². The molecule has 8 heteroatoms. The molecule has 1 amide bonds. The second-order valence-corrected chi connectivity index (χ2v) is 6.80. The Hall–Kier alpha value is -1.84. The van der Waals surface area contributed by atoms with Gasteiger partial charge in [-0.25, -0.2) is 4.99 Å². The van der Waals surface area contributed by atoms with E-state index in [0.717, 1.165) is 24.9 Å². The van der Waals surface area contributed by atoms with Crippen molar-refractivity contribution < 1.29 is 14.3 Å². The number of hydrogen-bond acceptors (Lipinski definition) is 4. The standard InChI is InChI=1S/C20H30N4O3.HI/c1-4-27-19(26)17-11-8-12-24(15-17)20(22-14-18(25)23(2)3)21-13-16-9-6-5-7-10-16;/h5-7,9-10,17H,4,8,11-15H2,1-3H3,(H,21,22);1H. The van der Waals surface area contributed by atoms with Gasteiger partial charge in [-0.3, -0.25) is 9.59 Å². The number of esters is 1. The fourth-order valence-corrected chi connectivity index (χ4v) is 2.95. The first-order chi connectivity index (χ1) is 13.0. The van der Waals surface area contributed by atoms with Gasteiger partial charge in [0.05, 0.1) is 25.6 Å². The van der Waals surface area contributed by atoms with Crippen molar-refractivity contribution in [2.45, 2.75) is 26.3 Å². The van der Waals surface area contributed by atoms with Gasteiger partial charge < -0.3 is 19.9 Å². The van der Waals surface area contributed by atoms with Crippen molar-refractivity contribution in [1.29, 1.82) is 0 Å². The van der Waals surface area contributed by atoms with Crippen molar-refractivity contribution in [3.8, 4) is 0 Å². The Balaban J connectivity index is 0.00000392. The molecule has 0 spiro atoms. The minimum atomic E-state index is -0.160. The third-order valence-corrected chi connectivity index (χ3v) is 4.49. The Labute approximate surface area is 184 Å². The lowest BCUT2D eigenvalue weighted by Gasteiger charge is -2.34. The average molecular weight is 502 g/mol. The number of halogens is 1. The van der Waals surface area contributed by atoms with Crippen LogP contribution in [0, 0.1) is 5.92 Å². The first-order valence-electron chi connectivity index (χ1n) is 9.45. The molecule has 1 aromatic carbocycles. The molecule has 0 aliphatic carbocycles. The summed E-state index contributed by atoms with van der Waals surface area (Å²) in [5.74, 6) is 0.311. The predicted molar refractivity (Wildman–Crippen MR) is 121 cm³/mol. The van der Waals surface area contributed by atoms with E-state index in [1.807, 2.05) is 37.3 Å². The molecule has 1 saturated heterocycles. The van der Waals surface area contributed by atoms with Gasteiger partial charge in [0.1, 0.15) is 0 Å². The Morgan fingerprint density at radius 1 is 1.29 bits per heavy atom. The van der Waals surface area contributed by atoms with E-state index >= 15 is 0 Å². The minimum absolute atomic E-state index is 0. The lowest BCUT2D eigenvalue weighted by atomic mass is 9.98. The van der Waals surface area contributed by atoms with Crippen molar-refractivity contribution in [1.82, 2.24) is 15.1 Å². The second-order valence-electron chi connectivity index (χ2n) is 6.80. The van der Waals surface area contributed by atoms with Crippen molar-refractivity contribution in [2.75, 3.05) is 40.3 Å². The molecule has 156 valence electrons. The third-order valence-electron chi connectivity index (χ3n) is 4.49. The van der Waals surface area contributed by atoms with Crippen LogP contribution in [0.3, 0.4) is 0 Å². The topological polar surface area (TPSA) is 74.2 Å². The number of carbonyl (C=O) groups is 2. The van der Waals surface area contributed by atoms with Crippen LogP contribution in [-0.2, 0) is 20.9 Å². The van der Waals surface area contributed by atoms with E-state index in [1.165, 1.54) is 0 Å². The number of piperidine rings is 1. The average Bonchev–Trinajstić information content (AvgIpc) is 2.68. The van der Waals surface area contributed by atoms with Crippen LogP contribution in [0.1, 0.15) is 25.3 Å². The maximum Gasteiger partial charge on any atom is 0.310 e. The summed E-state index contributed by atoms with van der Waals surface area (Å²) in [6.07, 6.45) is 1.70. The number of amides is 1. The first kappa shape index (κ1) is 24.2. The van der Waals surface area contributed by atoms with Gasteiger partial charge in [0, 0.05) is 27.2 Å². The lowest BCUT2D eigenvalue weighted by molar-refractivity contribution is -0.149. The molecule has 7 nitrogen and oxygen atoms in total. The summed E-state index contributed by atoms with van der Waals surface area (Å²) in [6, 6.07) is 9.96. The van der Waals surface area contributed by atoms with E-state index in [0.29, 0.717) is 25.7 Å². The van der Waals surface area contributed by atoms with Gasteiger partial charge in [-0.2, -0.15) is 0 Å². The predicted octanol–water partition coefficient (Wildman–Crippen LogP) is 2.11. The molecule has 0 bridgehead atoms. The quantitative estimate of drug-likeness (QED) is 0.279. The maximum absolute atomic E-state index is 12.1. The molecule has 2 rings (SSSR count). The number of likely N-dealkylation sites (N-methyl/N-ethyl adjacent to an activating group) is 1. The molecular weight excluding hydrogens is 471 g/mol. The summed E-state index contributed by atoms with van der Waals surface area (Å²) >= 11 is 0. The van der Waals surface area contributed by atoms with Gasteiger partial charge in [0.15, 0.2) is 5.96 Å². The monoisotopic (exact) mass is 502 g/mol. The Bertz CT molecular complexity index is 652. The van der Waals surface area contributed by atoms with Gasteiger partial charge in [0.25, 0.3) is 0 Å². The fourth-order valence-electron chi connectivity index (χ4n) is 2.95. The molecule has 1 N–H and O–H groups in total. The van der Waals surface area contributed by atoms with Crippen LogP contribution < -0.4 is 5.32 Å². The van der Waals surface area contributed by atoms with Crippen LogP contribution in [0.2, 0.25) is 0 Å². The van der Waals surface area contributed by atoms with Crippen molar-refractivity contribution in [3.05, 3.63) is 35.9 Å². The van der Waals surface area contributed by atoms with Crippen molar-refractivity contribution >= 4 is 41.8 Å². The molecule has 1 heterocycles. The van der Waals surface area contributed by atoms with Gasteiger partial charge in [-0.1, -0.05) is 30.3 Å². The van der Waals surface area contributed by atoms with Crippen molar-refractivity contribution in [3.63, 3.8) is 0 Å². The zero-order valence-electron chi connectivity index (χ0n) is 16.9. The van der Waals surface area contributed by atoms with Crippen molar-refractivity contribution in [2.24, 2.45) is 10.9 Å². The van der Waals surface area contributed by atoms with E-state index in [-0.39, 0.29) is 48.3 Å². The number of nitrogens with one attached hydrogen (secondary N) is 1. The lowest BCUT2D eigenvalue weighted by Crippen LogP contribution is -2.50. The third kappa shape index (κ3) is 7.65. The van der Waals surface area contributed by atoms with Crippen LogP contribution in [0.15, 0.2) is 35.3 Å². The number of likely N-dealkylation sites (tertiary alicyclic amines) is 1. The molecule has 1 aliphatic heterocycles. The summed E-state index contributed by atoms with van der Waals surface area (Å²) in [5.41, 5.74) is 1.09. The molecule has 1 aliphatic rings. The maximum atomic E-state index is 12.1. The summed E-state index contributed by atoms with van der Waals surface area (Å²) in [4.78, 5) is 32.4. The highest BCUT2D eigenvalue weighted by Crippen LogP contribution is 2.18. The van der Waals surface area contributed by atoms with Gasteiger partial charge >= 0.3 is 5.97 Å². The SMILES string of the molecule is CCOC(=O)C1CCCN(C(=NCc2ccccc2)NCC(=O)N(C)C)C1.I. The van der Waals surface area contributed by atoms with E-state index in [1.54, 1.807) is 19.0 Å². The molecule has 28 heavy (non-hydrogen) atoms. The van der Waals surface area contributed by atoms with Crippen LogP contribution in [0.25, 0.3) is 0 Å². The molecule has 1 fully saturated rings. The highest BCUT2D eigenvalue weighted by molar-refractivity contribution is 14.0. The molecular formula is C20H31IN4O3. The largest absolute Gasteiger partial charge is 0.466 e. The summed E-state index contributed by atoms with van der Waals surface area (Å²) in [6.45, 7) is 4.24. The Kier molecular flexibility index (Phi) is 10.9. The molecule has 0 aromatic heterocycles. The summed E-state index contributed by atoms with van der Waals surface area (Å²) < 4.78 is 5.18. The molecule has 1 atom stereocenters. The smallest absolute Gasteiger partial charge is 0.310 e. The number of carbonyl (C=O) groups excluding carboxylic acids is 2. The van der Waals surface area contributed by atoms with Gasteiger partial charge in [-0.05, 0) is 25.3 Å². The van der Waals surface area contributed by atoms with E-state index in [9.17, 15) is 9.59 Å². The zero-order chi connectivity index (χ0) is 19.6. The van der Waals surface area contributed by atoms with Gasteiger partial charge in [-0.15, -0.1) is 24.0 Å². The number of hydrogen-bond donors (Lipinski definition) is 1. The number of aliphatic imine (C=N–C) groups is 1. The molecule has 1 unspecified atom stereocenters. The van der Waals surface area contributed by atoms with Crippen LogP contribution >= 0.6 is 24.0 Å². The number of ether oxygens (including phenoxy) is 1. The molecule has 0 radical (unpaired) electrons. The normalized spacial score (nSPS) is 16.8. The zero-order valence-corrected chi connectivity index (χ0v) is 19.2. The van der Waals surface area contributed by atoms with E-state index in [2.05, 4.69) is 10.2 Å². The fraction of sp³-hybridized carbons (Fsp3) is 0.550. The van der Waals surface area contributed by atoms with E-state index in [4.69, 9.17) is 9.73 Å². The first-order valence-corrected chi connectivity index (χ1v) is 9.45. The van der Waals surface area contributed by atoms with Crippen LogP contribution in [-0.4, -0.2) is 68.0 Å². The molecule has 1 aromatic rings. The Morgan fingerprint density at radius 2 is 2.00 bits per heavy atom. The summed E-state index contributed by atoms with van der Waals surface area (Å²) in [7, 11) is 3.45. The number of nitrogens with zero attached hydrogens (tertiary/aromatic N) is 3. The number of guanidine groups is 1. The highest BCUT2D eigenvalue weighted by Gasteiger charge is 2.28. The highest BCUT2D eigenvalue weighted by atomic mass is 127. The van der Waals surface area contributed by atoms with Crippen LogP contribution in [0.4, 0.5) is 0 Å².